The Balaban J connectivity index is 1.68. The number of fused-ring (bicyclic) bond motifs is 1. The van der Waals surface area contributed by atoms with Crippen LogP contribution in [0.2, 0.25) is 0 Å². The molecule has 0 spiro atoms. The molecular formula is C18H16N4O4S. The third-order valence-corrected chi connectivity index (χ3v) is 5.32. The molecule has 3 aromatic rings. The van der Waals surface area contributed by atoms with E-state index >= 15 is 0 Å². The maximum atomic E-state index is 11.3. The van der Waals surface area contributed by atoms with Crippen LogP contribution in [0.5, 0.6) is 11.5 Å². The maximum Gasteiger partial charge on any atom is 0.231 e. The van der Waals surface area contributed by atoms with Gasteiger partial charge in [0.1, 0.15) is 11.1 Å². The maximum absolute atomic E-state index is 11.3. The van der Waals surface area contributed by atoms with Crippen LogP contribution in [-0.4, -0.2) is 33.0 Å². The van der Waals surface area contributed by atoms with Crippen molar-refractivity contribution in [3.8, 4) is 17.2 Å². The zero-order valence-corrected chi connectivity index (χ0v) is 15.3. The predicted octanol–water partition coefficient (Wildman–Crippen LogP) is 3.41. The largest absolute Gasteiger partial charge is 0.454 e. The molecule has 0 saturated heterocycles. The lowest BCUT2D eigenvalue weighted by Gasteiger charge is -2.14. The normalized spacial score (nSPS) is 13.5. The van der Waals surface area contributed by atoms with Crippen LogP contribution in [0.4, 0.5) is 0 Å². The van der Waals surface area contributed by atoms with Gasteiger partial charge in [0.2, 0.25) is 13.3 Å². The van der Waals surface area contributed by atoms with Crippen LogP contribution in [0, 0.1) is 17.0 Å². The average Bonchev–Trinajstić information content (AvgIpc) is 3.27. The fraction of sp³-hybridized carbons (Fsp3) is 0.222. The van der Waals surface area contributed by atoms with E-state index in [2.05, 4.69) is 10.2 Å². The van der Waals surface area contributed by atoms with Crippen molar-refractivity contribution < 1.29 is 14.4 Å². The van der Waals surface area contributed by atoms with E-state index in [-0.39, 0.29) is 18.3 Å². The molecule has 0 radical (unpaired) electrons. The van der Waals surface area contributed by atoms with E-state index in [0.717, 1.165) is 11.3 Å². The van der Waals surface area contributed by atoms with Gasteiger partial charge in [0.05, 0.1) is 0 Å². The molecule has 4 rings (SSSR count). The summed E-state index contributed by atoms with van der Waals surface area (Å²) in [6.45, 7) is 1.77. The summed E-state index contributed by atoms with van der Waals surface area (Å²) < 4.78 is 12.6. The highest BCUT2D eigenvalue weighted by atomic mass is 32.2. The molecule has 0 amide bonds. The summed E-state index contributed by atoms with van der Waals surface area (Å²) >= 11 is 1.31. The Hall–Kier alpha value is -3.07. The molecule has 2 aromatic carbocycles. The lowest BCUT2D eigenvalue weighted by Crippen LogP contribution is -2.11. The van der Waals surface area contributed by atoms with Crippen molar-refractivity contribution in [2.75, 3.05) is 13.3 Å². The van der Waals surface area contributed by atoms with Crippen molar-refractivity contribution in [2.45, 2.75) is 17.3 Å². The van der Waals surface area contributed by atoms with E-state index in [4.69, 9.17) is 9.47 Å². The number of para-hydroxylation sites is 1. The van der Waals surface area contributed by atoms with Crippen molar-refractivity contribution in [3.63, 3.8) is 0 Å². The van der Waals surface area contributed by atoms with Crippen LogP contribution < -0.4 is 9.47 Å². The van der Waals surface area contributed by atoms with Gasteiger partial charge in [0.15, 0.2) is 16.7 Å². The quantitative estimate of drug-likeness (QED) is 0.365. The number of hydrogen-bond acceptors (Lipinski definition) is 7. The molecule has 1 aliphatic heterocycles. The van der Waals surface area contributed by atoms with Gasteiger partial charge in [-0.15, -0.1) is 10.2 Å². The summed E-state index contributed by atoms with van der Waals surface area (Å²) in [5.74, 6) is 1.96. The predicted molar refractivity (Wildman–Crippen MR) is 99.1 cm³/mol. The Morgan fingerprint density at radius 1 is 1.19 bits per heavy atom. The third-order valence-electron chi connectivity index (χ3n) is 4.14. The molecule has 0 N–H and O–H groups in total. The number of hydrogen-bond donors (Lipinski definition) is 0. The minimum atomic E-state index is -0.444. The van der Waals surface area contributed by atoms with Gasteiger partial charge < -0.3 is 9.47 Å². The van der Waals surface area contributed by atoms with Gasteiger partial charge in [-0.2, -0.15) is 0 Å². The standard InChI is InChI=1S/C18H16N4O4S/c1-12-19-20-18(22(12)14-5-3-2-4-6-14)27-17(10-21(23)24)13-7-8-15-16(9-13)26-11-25-15/h2-9,17H,10-11H2,1H3/t17-/m1/s1. The fourth-order valence-corrected chi connectivity index (χ4v) is 4.04. The van der Waals surface area contributed by atoms with Crippen molar-refractivity contribution in [1.82, 2.24) is 14.8 Å². The second kappa shape index (κ2) is 7.28. The molecule has 0 fully saturated rings. The van der Waals surface area contributed by atoms with Gasteiger partial charge in [-0.05, 0) is 36.8 Å². The molecule has 0 unspecified atom stereocenters. The van der Waals surface area contributed by atoms with Gasteiger partial charge in [0, 0.05) is 10.6 Å². The number of nitro groups is 1. The number of aryl methyl sites for hydroxylation is 1. The van der Waals surface area contributed by atoms with Crippen LogP contribution in [0.3, 0.4) is 0 Å². The number of aromatic nitrogens is 3. The van der Waals surface area contributed by atoms with E-state index in [1.165, 1.54) is 11.8 Å². The first-order valence-corrected chi connectivity index (χ1v) is 9.15. The zero-order valence-electron chi connectivity index (χ0n) is 14.4. The number of benzene rings is 2. The van der Waals surface area contributed by atoms with Crippen LogP contribution >= 0.6 is 11.8 Å². The van der Waals surface area contributed by atoms with Crippen molar-refractivity contribution in [1.29, 1.82) is 0 Å². The van der Waals surface area contributed by atoms with Crippen molar-refractivity contribution in [3.05, 3.63) is 70.0 Å². The summed E-state index contributed by atoms with van der Waals surface area (Å²) in [6, 6.07) is 15.1. The zero-order chi connectivity index (χ0) is 18.8. The molecule has 8 nitrogen and oxygen atoms in total. The average molecular weight is 384 g/mol. The molecule has 1 aromatic heterocycles. The summed E-state index contributed by atoms with van der Waals surface area (Å²) in [5.41, 5.74) is 1.69. The summed E-state index contributed by atoms with van der Waals surface area (Å²) in [6.07, 6.45) is 0. The Morgan fingerprint density at radius 3 is 2.74 bits per heavy atom. The first kappa shape index (κ1) is 17.3. The minimum Gasteiger partial charge on any atom is -0.454 e. The number of nitrogens with zero attached hydrogens (tertiary/aromatic N) is 4. The second-order valence-electron chi connectivity index (χ2n) is 5.94. The Kier molecular flexibility index (Phi) is 4.68. The van der Waals surface area contributed by atoms with Crippen LogP contribution in [0.1, 0.15) is 16.6 Å². The molecule has 1 aliphatic rings. The molecule has 2 heterocycles. The van der Waals surface area contributed by atoms with E-state index in [9.17, 15) is 10.1 Å². The lowest BCUT2D eigenvalue weighted by molar-refractivity contribution is -0.479. The second-order valence-corrected chi connectivity index (χ2v) is 7.11. The molecule has 27 heavy (non-hydrogen) atoms. The molecule has 0 saturated carbocycles. The highest BCUT2D eigenvalue weighted by molar-refractivity contribution is 7.99. The van der Waals surface area contributed by atoms with Gasteiger partial charge in [-0.3, -0.25) is 14.7 Å². The van der Waals surface area contributed by atoms with Crippen molar-refractivity contribution >= 4 is 11.8 Å². The van der Waals surface area contributed by atoms with E-state index < -0.39 is 5.25 Å². The van der Waals surface area contributed by atoms with Gasteiger partial charge in [-0.25, -0.2) is 0 Å². The first-order valence-electron chi connectivity index (χ1n) is 8.27. The van der Waals surface area contributed by atoms with Crippen LogP contribution in [0.25, 0.3) is 5.69 Å². The van der Waals surface area contributed by atoms with E-state index in [0.29, 0.717) is 22.5 Å². The van der Waals surface area contributed by atoms with Crippen LogP contribution in [-0.2, 0) is 0 Å². The summed E-state index contributed by atoms with van der Waals surface area (Å²) in [7, 11) is 0. The number of rotatable bonds is 6. The van der Waals surface area contributed by atoms with Gasteiger partial charge in [-0.1, -0.05) is 36.0 Å². The van der Waals surface area contributed by atoms with Gasteiger partial charge in [0.25, 0.3) is 0 Å². The number of ether oxygens (including phenoxy) is 2. The first-order chi connectivity index (χ1) is 13.1. The van der Waals surface area contributed by atoms with Crippen LogP contribution in [0.15, 0.2) is 53.7 Å². The minimum absolute atomic E-state index is 0.160. The molecular weight excluding hydrogens is 368 g/mol. The Morgan fingerprint density at radius 2 is 1.96 bits per heavy atom. The summed E-state index contributed by atoms with van der Waals surface area (Å²) in [5, 5.41) is 19.8. The van der Waals surface area contributed by atoms with Crippen molar-refractivity contribution in [2.24, 2.45) is 0 Å². The highest BCUT2D eigenvalue weighted by Crippen LogP contribution is 2.40. The van der Waals surface area contributed by atoms with E-state index in [1.54, 1.807) is 12.1 Å². The summed E-state index contributed by atoms with van der Waals surface area (Å²) in [4.78, 5) is 10.9. The lowest BCUT2D eigenvalue weighted by atomic mass is 10.1. The molecule has 1 atom stereocenters. The molecule has 0 aliphatic carbocycles. The smallest absolute Gasteiger partial charge is 0.231 e. The fourth-order valence-electron chi connectivity index (χ4n) is 2.88. The SMILES string of the molecule is Cc1nnc(S[C@H](C[N+](=O)[O-])c2ccc3c(c2)OCO3)n1-c1ccccc1. The monoisotopic (exact) mass is 384 g/mol. The number of thioether (sulfide) groups is 1. The van der Waals surface area contributed by atoms with E-state index in [1.807, 2.05) is 47.9 Å². The Labute approximate surface area is 159 Å². The Bertz CT molecular complexity index is 977. The topological polar surface area (TPSA) is 92.3 Å². The molecule has 0 bridgehead atoms. The molecule has 9 heteroatoms. The highest BCUT2D eigenvalue weighted by Gasteiger charge is 2.25. The van der Waals surface area contributed by atoms with Gasteiger partial charge >= 0.3 is 0 Å². The molecule has 138 valence electrons. The third kappa shape index (κ3) is 3.59.